The number of carbonyl (C=O) groups excluding carboxylic acids is 3. The first-order valence-corrected chi connectivity index (χ1v) is 14.6. The van der Waals surface area contributed by atoms with Crippen molar-refractivity contribution in [1.82, 2.24) is 5.32 Å². The molecule has 1 N–H and O–H groups in total. The highest BCUT2D eigenvalue weighted by Gasteiger charge is 2.67. The number of hydrogen-bond acceptors (Lipinski definition) is 4. The topological polar surface area (TPSA) is 87.0 Å². The van der Waals surface area contributed by atoms with Gasteiger partial charge in [-0.05, 0) is 79.6 Å². The standard InChI is InChI=1S/C32H41F3N2O3/c1-27(2)11-12-31(26(40)37-17-32(33,34)35)10-7-19-24(20(31)15-27)21(38)13-23-29(19,5)9-8-22-28(3,4)25(39)18(16-36)14-30(22,23)6/h13-14,19-20,22,24H,7-12,15,17H2,1-6H3,(H,37,40). The van der Waals surface area contributed by atoms with E-state index in [4.69, 9.17) is 0 Å². The van der Waals surface area contributed by atoms with E-state index in [9.17, 15) is 32.8 Å². The van der Waals surface area contributed by atoms with Gasteiger partial charge in [0.15, 0.2) is 11.6 Å². The van der Waals surface area contributed by atoms with Crippen LogP contribution in [0.5, 0.6) is 0 Å². The number of fused-ring (bicyclic) bond motifs is 7. The Kier molecular flexibility index (Phi) is 6.39. The van der Waals surface area contributed by atoms with E-state index in [0.717, 1.165) is 24.8 Å². The van der Waals surface area contributed by atoms with Gasteiger partial charge in [0.2, 0.25) is 5.91 Å². The van der Waals surface area contributed by atoms with Crippen molar-refractivity contribution < 1.29 is 27.6 Å². The van der Waals surface area contributed by atoms with Crippen LogP contribution in [0.15, 0.2) is 23.3 Å². The van der Waals surface area contributed by atoms with Gasteiger partial charge in [-0.15, -0.1) is 0 Å². The van der Waals surface area contributed by atoms with E-state index < -0.39 is 40.8 Å². The molecule has 0 aliphatic heterocycles. The molecule has 5 nitrogen and oxygen atoms in total. The van der Waals surface area contributed by atoms with E-state index in [-0.39, 0.29) is 45.7 Å². The van der Waals surface area contributed by atoms with E-state index in [2.05, 4.69) is 39.1 Å². The van der Waals surface area contributed by atoms with Crippen molar-refractivity contribution in [3.63, 3.8) is 0 Å². The predicted octanol–water partition coefficient (Wildman–Crippen LogP) is 6.49. The summed E-state index contributed by atoms with van der Waals surface area (Å²) in [5.74, 6) is -1.68. The summed E-state index contributed by atoms with van der Waals surface area (Å²) in [6, 6.07) is 2.10. The number of nitrogens with zero attached hydrogens (tertiary/aromatic N) is 1. The molecular formula is C32H41F3N2O3. The SMILES string of the molecule is CC1(C)CCC2(C(=O)NCC(F)(F)F)CCC3C(C(=O)C=C4C5(C)C=C(C#N)C(=O)C(C)(C)C5CCC43C)C2C1. The Morgan fingerprint density at radius 2 is 1.70 bits per heavy atom. The average Bonchev–Trinajstić information content (AvgIpc) is 2.85. The number of allylic oxidation sites excluding steroid dienone is 4. The molecule has 5 aliphatic carbocycles. The van der Waals surface area contributed by atoms with Gasteiger partial charge in [0.1, 0.15) is 12.6 Å². The zero-order chi connectivity index (χ0) is 29.7. The van der Waals surface area contributed by atoms with Crippen LogP contribution >= 0.6 is 0 Å². The highest BCUT2D eigenvalue weighted by molar-refractivity contribution is 6.04. The number of Topliss-reactive ketones (excluding diaryl/α,β-unsaturated/α-hetero) is 1. The van der Waals surface area contributed by atoms with Crippen LogP contribution in [0.2, 0.25) is 0 Å². The first kappa shape index (κ1) is 29.1. The minimum atomic E-state index is -4.50. The second-order valence-corrected chi connectivity index (χ2v) is 15.1. The van der Waals surface area contributed by atoms with Gasteiger partial charge >= 0.3 is 6.18 Å². The van der Waals surface area contributed by atoms with Crippen LogP contribution in [0, 0.1) is 62.1 Å². The Labute approximate surface area is 235 Å². The van der Waals surface area contributed by atoms with Crippen LogP contribution in [0.1, 0.15) is 86.5 Å². The third kappa shape index (κ3) is 4.04. The summed E-state index contributed by atoms with van der Waals surface area (Å²) < 4.78 is 39.2. The first-order chi connectivity index (χ1) is 18.3. The largest absolute Gasteiger partial charge is 0.405 e. The van der Waals surface area contributed by atoms with Crippen molar-refractivity contribution in [3.05, 3.63) is 23.3 Å². The third-order valence-electron chi connectivity index (χ3n) is 12.0. The van der Waals surface area contributed by atoms with E-state index in [1.165, 1.54) is 0 Å². The number of hydrogen-bond donors (Lipinski definition) is 1. The summed E-state index contributed by atoms with van der Waals surface area (Å²) >= 11 is 0. The van der Waals surface area contributed by atoms with Gasteiger partial charge in [0.25, 0.3) is 0 Å². The Hall–Kier alpha value is -2.43. The maximum absolute atomic E-state index is 14.2. The van der Waals surface area contributed by atoms with E-state index >= 15 is 0 Å². The van der Waals surface area contributed by atoms with Gasteiger partial charge in [-0.25, -0.2) is 0 Å². The lowest BCUT2D eigenvalue weighted by Crippen LogP contribution is -2.63. The number of nitrogens with one attached hydrogen (secondary N) is 1. The fourth-order valence-electron chi connectivity index (χ4n) is 10.0. The van der Waals surface area contributed by atoms with E-state index in [1.807, 2.05) is 13.8 Å². The predicted molar refractivity (Wildman–Crippen MR) is 143 cm³/mol. The molecule has 5 rings (SSSR count). The summed E-state index contributed by atoms with van der Waals surface area (Å²) in [6.45, 7) is 10.9. The highest BCUT2D eigenvalue weighted by Crippen LogP contribution is 2.70. The molecule has 0 bridgehead atoms. The minimum Gasteiger partial charge on any atom is -0.346 e. The molecule has 3 saturated carbocycles. The highest BCUT2D eigenvalue weighted by atomic mass is 19.4. The number of carbonyl (C=O) groups is 3. The monoisotopic (exact) mass is 558 g/mol. The molecule has 7 atom stereocenters. The number of amides is 1. The Morgan fingerprint density at radius 1 is 1.02 bits per heavy atom. The lowest BCUT2D eigenvalue weighted by molar-refractivity contribution is -0.166. The smallest absolute Gasteiger partial charge is 0.346 e. The molecule has 5 aliphatic rings. The fraction of sp³-hybridized carbons (Fsp3) is 0.750. The van der Waals surface area contributed by atoms with Gasteiger partial charge in [0.05, 0.1) is 11.0 Å². The van der Waals surface area contributed by atoms with E-state index in [1.54, 1.807) is 12.2 Å². The summed E-state index contributed by atoms with van der Waals surface area (Å²) in [6.07, 6.45) is 3.43. The molecule has 1 amide bonds. The first-order valence-electron chi connectivity index (χ1n) is 14.6. The van der Waals surface area contributed by atoms with Crippen molar-refractivity contribution in [2.75, 3.05) is 6.54 Å². The van der Waals surface area contributed by atoms with Crippen LogP contribution in [0.4, 0.5) is 13.2 Å². The maximum Gasteiger partial charge on any atom is 0.405 e. The molecule has 0 aromatic heterocycles. The molecule has 8 heteroatoms. The van der Waals surface area contributed by atoms with Crippen LogP contribution in [-0.2, 0) is 14.4 Å². The molecule has 40 heavy (non-hydrogen) atoms. The van der Waals surface area contributed by atoms with Crippen molar-refractivity contribution in [3.8, 4) is 6.07 Å². The van der Waals surface area contributed by atoms with Gasteiger partial charge in [-0.1, -0.05) is 53.2 Å². The minimum absolute atomic E-state index is 0.0557. The van der Waals surface area contributed by atoms with Crippen LogP contribution in [0.3, 0.4) is 0 Å². The molecular weight excluding hydrogens is 517 g/mol. The Balaban J connectivity index is 1.60. The van der Waals surface area contributed by atoms with Crippen molar-refractivity contribution >= 4 is 17.5 Å². The number of ketones is 2. The van der Waals surface area contributed by atoms with E-state index in [0.29, 0.717) is 25.7 Å². The summed E-state index contributed by atoms with van der Waals surface area (Å²) in [7, 11) is 0. The van der Waals surface area contributed by atoms with Gasteiger partial charge in [-0.2, -0.15) is 18.4 Å². The zero-order valence-corrected chi connectivity index (χ0v) is 24.4. The quantitative estimate of drug-likeness (QED) is 0.420. The molecule has 0 saturated heterocycles. The van der Waals surface area contributed by atoms with Gasteiger partial charge in [-0.3, -0.25) is 14.4 Å². The Morgan fingerprint density at radius 3 is 2.33 bits per heavy atom. The maximum atomic E-state index is 14.2. The molecule has 0 aromatic carbocycles. The van der Waals surface area contributed by atoms with Crippen molar-refractivity contribution in [1.29, 1.82) is 5.26 Å². The lowest BCUT2D eigenvalue weighted by atomic mass is 9.38. The number of alkyl halides is 3. The third-order valence-corrected chi connectivity index (χ3v) is 12.0. The molecule has 0 aromatic rings. The second-order valence-electron chi connectivity index (χ2n) is 15.1. The fourth-order valence-corrected chi connectivity index (χ4v) is 10.0. The second kappa shape index (κ2) is 8.79. The molecule has 3 fully saturated rings. The number of nitriles is 1. The lowest BCUT2D eigenvalue weighted by Gasteiger charge is -2.64. The number of rotatable bonds is 2. The van der Waals surface area contributed by atoms with Crippen molar-refractivity contribution in [2.45, 2.75) is 92.7 Å². The van der Waals surface area contributed by atoms with Gasteiger partial charge < -0.3 is 5.32 Å². The molecule has 0 spiro atoms. The summed E-state index contributed by atoms with van der Waals surface area (Å²) in [4.78, 5) is 40.9. The van der Waals surface area contributed by atoms with Gasteiger partial charge in [0, 0.05) is 16.7 Å². The molecule has 0 radical (unpaired) electrons. The normalized spacial score (nSPS) is 41.7. The molecule has 0 heterocycles. The van der Waals surface area contributed by atoms with Crippen LogP contribution in [0.25, 0.3) is 0 Å². The molecule has 218 valence electrons. The van der Waals surface area contributed by atoms with Crippen LogP contribution in [-0.4, -0.2) is 30.2 Å². The summed E-state index contributed by atoms with van der Waals surface area (Å²) in [5, 5.41) is 12.0. The Bertz CT molecular complexity index is 1270. The summed E-state index contributed by atoms with van der Waals surface area (Å²) in [5.41, 5.74) is -1.78. The number of halogens is 3. The average molecular weight is 559 g/mol. The molecule has 7 unspecified atom stereocenters. The zero-order valence-electron chi connectivity index (χ0n) is 24.4. The van der Waals surface area contributed by atoms with Crippen LogP contribution < -0.4 is 5.32 Å². The van der Waals surface area contributed by atoms with Crippen molar-refractivity contribution in [2.24, 2.45) is 50.7 Å².